The van der Waals surface area contributed by atoms with Crippen molar-refractivity contribution in [3.63, 3.8) is 0 Å². The second kappa shape index (κ2) is 5.71. The van der Waals surface area contributed by atoms with Crippen molar-refractivity contribution < 1.29 is 0 Å². The number of rotatable bonds is 1. The fourth-order valence-corrected chi connectivity index (χ4v) is 2.21. The molecule has 0 bridgehead atoms. The van der Waals surface area contributed by atoms with Gasteiger partial charge in [-0.15, -0.1) is 0 Å². The highest BCUT2D eigenvalue weighted by molar-refractivity contribution is 7.14. The topological polar surface area (TPSA) is 38.9 Å². The summed E-state index contributed by atoms with van der Waals surface area (Å²) >= 11 is 1.49. The smallest absolute Gasteiger partial charge is 0.144 e. The summed E-state index contributed by atoms with van der Waals surface area (Å²) in [5.41, 5.74) is 7.03. The normalized spacial score (nSPS) is 9.80. The lowest BCUT2D eigenvalue weighted by Gasteiger charge is -1.96. The van der Waals surface area contributed by atoms with E-state index < -0.39 is 0 Å². The Morgan fingerprint density at radius 2 is 1.93 bits per heavy atom. The molecule has 2 rings (SSSR count). The Kier molecular flexibility index (Phi) is 4.56. The van der Waals surface area contributed by atoms with Gasteiger partial charge in [0.05, 0.1) is 4.70 Å². The number of hydrogen-bond donors (Lipinski definition) is 1. The number of nitrogens with zero attached hydrogens (tertiary/aromatic N) is 1. The summed E-state index contributed by atoms with van der Waals surface area (Å²) in [4.78, 5) is 0. The number of aromatic nitrogens is 1. The Labute approximate surface area is 95.3 Å². The first-order valence-electron chi connectivity index (χ1n) is 5.37. The number of anilines is 1. The molecule has 3 heteroatoms. The molecule has 2 N–H and O–H groups in total. The van der Waals surface area contributed by atoms with Crippen LogP contribution in [0, 0.1) is 0 Å². The summed E-state index contributed by atoms with van der Waals surface area (Å²) in [6.45, 7) is 6.39. The van der Waals surface area contributed by atoms with E-state index in [4.69, 9.17) is 5.73 Å². The van der Waals surface area contributed by atoms with E-state index in [1.165, 1.54) is 28.2 Å². The highest BCUT2D eigenvalue weighted by atomic mass is 32.1. The van der Waals surface area contributed by atoms with Gasteiger partial charge < -0.3 is 5.73 Å². The number of fused-ring (bicyclic) bond motifs is 1. The van der Waals surface area contributed by atoms with Gasteiger partial charge in [0.2, 0.25) is 0 Å². The molecule has 0 saturated heterocycles. The monoisotopic (exact) mass is 222 g/mol. The van der Waals surface area contributed by atoms with Crippen LogP contribution in [0.3, 0.4) is 0 Å². The van der Waals surface area contributed by atoms with Crippen molar-refractivity contribution in [2.75, 3.05) is 5.73 Å². The molecule has 0 aliphatic carbocycles. The maximum absolute atomic E-state index is 5.70. The van der Waals surface area contributed by atoms with E-state index in [0.717, 1.165) is 11.8 Å². The van der Waals surface area contributed by atoms with Gasteiger partial charge in [-0.25, -0.2) is 0 Å². The fraction of sp³-hybridized carbons (Fsp3) is 0.417. The molecule has 82 valence electrons. The van der Waals surface area contributed by atoms with Crippen molar-refractivity contribution in [2.45, 2.75) is 33.6 Å². The van der Waals surface area contributed by atoms with Crippen LogP contribution in [0.2, 0.25) is 0 Å². The van der Waals surface area contributed by atoms with Gasteiger partial charge in [-0.1, -0.05) is 39.3 Å². The predicted molar refractivity (Wildman–Crippen MR) is 69.4 cm³/mol. The van der Waals surface area contributed by atoms with Crippen molar-refractivity contribution in [1.29, 1.82) is 0 Å². The molecule has 0 aliphatic rings. The van der Waals surface area contributed by atoms with Gasteiger partial charge in [0.15, 0.2) is 0 Å². The lowest BCUT2D eigenvalue weighted by Crippen LogP contribution is -1.84. The Morgan fingerprint density at radius 3 is 2.53 bits per heavy atom. The molecule has 0 amide bonds. The molecule has 0 unspecified atom stereocenters. The van der Waals surface area contributed by atoms with E-state index >= 15 is 0 Å². The Morgan fingerprint density at radius 1 is 1.27 bits per heavy atom. The number of nitrogen functional groups attached to an aromatic ring is 1. The zero-order chi connectivity index (χ0) is 11.3. The zero-order valence-electron chi connectivity index (χ0n) is 9.58. The van der Waals surface area contributed by atoms with Crippen molar-refractivity contribution >= 4 is 27.4 Å². The van der Waals surface area contributed by atoms with Crippen LogP contribution >= 0.6 is 11.5 Å². The van der Waals surface area contributed by atoms with Crippen LogP contribution in [0.25, 0.3) is 10.1 Å². The molecule has 0 spiro atoms. The van der Waals surface area contributed by atoms with E-state index in [2.05, 4.69) is 31.2 Å². The Hall–Kier alpha value is -1.09. The van der Waals surface area contributed by atoms with E-state index in [-0.39, 0.29) is 0 Å². The average Bonchev–Trinajstić information content (AvgIpc) is 2.62. The fourth-order valence-electron chi connectivity index (χ4n) is 1.32. The van der Waals surface area contributed by atoms with Crippen molar-refractivity contribution in [1.82, 2.24) is 4.37 Å². The molecule has 1 aromatic carbocycles. The van der Waals surface area contributed by atoms with E-state index in [1.807, 2.05) is 12.1 Å². The van der Waals surface area contributed by atoms with Crippen molar-refractivity contribution in [3.8, 4) is 0 Å². The van der Waals surface area contributed by atoms with Gasteiger partial charge in [-0.2, -0.15) is 4.37 Å². The molecular weight excluding hydrogens is 204 g/mol. The Bertz CT molecular complexity index is 420. The van der Waals surface area contributed by atoms with Crippen LogP contribution < -0.4 is 5.73 Å². The molecule has 1 heterocycles. The second-order valence-corrected chi connectivity index (χ2v) is 4.20. The Balaban J connectivity index is 0.000000337. The lowest BCUT2D eigenvalue weighted by molar-refractivity contribution is 1.09. The number of hydrogen-bond acceptors (Lipinski definition) is 3. The molecule has 0 aliphatic heterocycles. The number of benzene rings is 1. The lowest BCUT2D eigenvalue weighted by atomic mass is 10.1. The van der Waals surface area contributed by atoms with Crippen LogP contribution in [0.1, 0.15) is 32.8 Å². The molecular formula is C12H18N2S. The summed E-state index contributed by atoms with van der Waals surface area (Å²) in [5, 5.41) is 1.10. The minimum atomic E-state index is 0.658. The minimum Gasteiger partial charge on any atom is -0.382 e. The molecule has 0 radical (unpaired) electrons. The SMILES string of the molecule is CCC.CCc1cccc2c(N)nsc12. The van der Waals surface area contributed by atoms with Gasteiger partial charge in [0.25, 0.3) is 0 Å². The van der Waals surface area contributed by atoms with Crippen LogP contribution in [0.15, 0.2) is 18.2 Å². The van der Waals surface area contributed by atoms with Gasteiger partial charge in [0.1, 0.15) is 5.82 Å². The van der Waals surface area contributed by atoms with Crippen LogP contribution in [0.4, 0.5) is 5.82 Å². The standard InChI is InChI=1S/C9H10N2S.C3H8/c1-2-6-4-3-5-7-8(6)12-11-9(7)10;1-3-2/h3-5H,2H2,1H3,(H2,10,11);3H2,1-2H3. The van der Waals surface area contributed by atoms with Gasteiger partial charge in [-0.05, 0) is 29.6 Å². The molecule has 0 atom stereocenters. The molecule has 0 fully saturated rings. The predicted octanol–water partition coefficient (Wildman–Crippen LogP) is 3.86. The summed E-state index contributed by atoms with van der Waals surface area (Å²) in [6, 6.07) is 6.18. The van der Waals surface area contributed by atoms with Crippen LogP contribution in [-0.2, 0) is 6.42 Å². The summed E-state index contributed by atoms with van der Waals surface area (Å²) < 4.78 is 5.36. The molecule has 2 aromatic rings. The van der Waals surface area contributed by atoms with Gasteiger partial charge >= 0.3 is 0 Å². The van der Waals surface area contributed by atoms with E-state index in [1.54, 1.807) is 0 Å². The molecule has 15 heavy (non-hydrogen) atoms. The number of nitrogens with two attached hydrogens (primary N) is 1. The third kappa shape index (κ3) is 2.69. The maximum Gasteiger partial charge on any atom is 0.144 e. The quantitative estimate of drug-likeness (QED) is 0.795. The second-order valence-electron chi connectivity index (χ2n) is 3.42. The van der Waals surface area contributed by atoms with E-state index in [9.17, 15) is 0 Å². The first kappa shape index (κ1) is 12.0. The zero-order valence-corrected chi connectivity index (χ0v) is 10.4. The number of aryl methyl sites for hydroxylation is 1. The summed E-state index contributed by atoms with van der Waals surface area (Å²) in [6.07, 6.45) is 2.29. The van der Waals surface area contributed by atoms with Crippen molar-refractivity contribution in [2.24, 2.45) is 0 Å². The average molecular weight is 222 g/mol. The third-order valence-electron chi connectivity index (χ3n) is 1.99. The van der Waals surface area contributed by atoms with Crippen LogP contribution in [0.5, 0.6) is 0 Å². The summed E-state index contributed by atoms with van der Waals surface area (Å²) in [7, 11) is 0. The van der Waals surface area contributed by atoms with Gasteiger partial charge in [-0.3, -0.25) is 0 Å². The minimum absolute atomic E-state index is 0.658. The van der Waals surface area contributed by atoms with Crippen LogP contribution in [-0.4, -0.2) is 4.37 Å². The first-order valence-corrected chi connectivity index (χ1v) is 6.14. The highest BCUT2D eigenvalue weighted by Crippen LogP contribution is 2.27. The molecule has 2 nitrogen and oxygen atoms in total. The largest absolute Gasteiger partial charge is 0.382 e. The first-order chi connectivity index (χ1) is 7.24. The van der Waals surface area contributed by atoms with Crippen molar-refractivity contribution in [3.05, 3.63) is 23.8 Å². The summed E-state index contributed by atoms with van der Waals surface area (Å²) in [5.74, 6) is 0.658. The maximum atomic E-state index is 5.70. The van der Waals surface area contributed by atoms with E-state index in [0.29, 0.717) is 5.82 Å². The van der Waals surface area contributed by atoms with Gasteiger partial charge in [0, 0.05) is 5.39 Å². The highest BCUT2D eigenvalue weighted by Gasteiger charge is 2.04. The molecule has 0 saturated carbocycles. The third-order valence-corrected chi connectivity index (χ3v) is 2.94. The molecule has 1 aromatic heterocycles.